The van der Waals surface area contributed by atoms with E-state index in [1.54, 1.807) is 12.1 Å². The van der Waals surface area contributed by atoms with E-state index >= 15 is 0 Å². The van der Waals surface area contributed by atoms with Crippen LogP contribution in [0.25, 0.3) is 0 Å². The highest BCUT2D eigenvalue weighted by Gasteiger charge is 2.11. The summed E-state index contributed by atoms with van der Waals surface area (Å²) in [6, 6.07) is 4.82. The van der Waals surface area contributed by atoms with Crippen LogP contribution in [0.4, 0.5) is 5.69 Å². The standard InChI is InChI=1S/C7H5ClINO2/c8-6-2-1-5(4-9)3-7(6)10(11)12/h1-3H,4H2. The lowest BCUT2D eigenvalue weighted by Gasteiger charge is -1.97. The quantitative estimate of drug-likeness (QED) is 0.364. The number of nitro groups is 1. The van der Waals surface area contributed by atoms with E-state index in [1.165, 1.54) is 6.07 Å². The third-order valence-electron chi connectivity index (χ3n) is 1.36. The molecule has 0 aliphatic heterocycles. The maximum absolute atomic E-state index is 10.4. The Morgan fingerprint density at radius 1 is 1.58 bits per heavy atom. The molecular weight excluding hydrogens is 292 g/mol. The van der Waals surface area contributed by atoms with Crippen molar-refractivity contribution in [1.82, 2.24) is 0 Å². The van der Waals surface area contributed by atoms with Crippen molar-refractivity contribution in [2.45, 2.75) is 4.43 Å². The lowest BCUT2D eigenvalue weighted by atomic mass is 10.2. The largest absolute Gasteiger partial charge is 0.288 e. The summed E-state index contributed by atoms with van der Waals surface area (Å²) in [5, 5.41) is 10.6. The molecule has 0 saturated carbocycles. The summed E-state index contributed by atoms with van der Waals surface area (Å²) in [6.07, 6.45) is 0. The third-order valence-corrected chi connectivity index (χ3v) is 2.56. The molecule has 0 saturated heterocycles. The minimum absolute atomic E-state index is 0.0224. The number of halogens is 2. The molecule has 1 rings (SSSR count). The number of rotatable bonds is 2. The van der Waals surface area contributed by atoms with Crippen LogP contribution in [0.5, 0.6) is 0 Å². The van der Waals surface area contributed by atoms with Crippen LogP contribution in [0.2, 0.25) is 5.02 Å². The Kier molecular flexibility index (Phi) is 3.28. The van der Waals surface area contributed by atoms with Crippen molar-refractivity contribution in [1.29, 1.82) is 0 Å². The molecule has 12 heavy (non-hydrogen) atoms. The molecule has 0 aliphatic rings. The van der Waals surface area contributed by atoms with Crippen molar-refractivity contribution in [2.75, 3.05) is 0 Å². The second-order valence-electron chi connectivity index (χ2n) is 2.18. The third kappa shape index (κ3) is 2.07. The second-order valence-corrected chi connectivity index (χ2v) is 3.35. The summed E-state index contributed by atoms with van der Waals surface area (Å²) in [6.45, 7) is 0. The SMILES string of the molecule is O=[N+]([O-])c1cc(CI)ccc1Cl. The topological polar surface area (TPSA) is 43.1 Å². The fourth-order valence-corrected chi connectivity index (χ4v) is 1.44. The average Bonchev–Trinajstić information content (AvgIpc) is 2.05. The van der Waals surface area contributed by atoms with Gasteiger partial charge in [0.25, 0.3) is 5.69 Å². The first kappa shape index (κ1) is 9.73. The molecule has 5 heteroatoms. The number of nitrogens with zero attached hydrogens (tertiary/aromatic N) is 1. The number of hydrogen-bond donors (Lipinski definition) is 0. The summed E-state index contributed by atoms with van der Waals surface area (Å²) in [7, 11) is 0. The Hall–Kier alpha value is -0.360. The molecule has 3 nitrogen and oxygen atoms in total. The predicted molar refractivity (Wildman–Crippen MR) is 55.8 cm³/mol. The molecule has 0 unspecified atom stereocenters. The number of hydrogen-bond acceptors (Lipinski definition) is 2. The Bertz CT molecular complexity index is 316. The van der Waals surface area contributed by atoms with Crippen LogP contribution < -0.4 is 0 Å². The van der Waals surface area contributed by atoms with E-state index < -0.39 is 4.92 Å². The Labute approximate surface area is 88.0 Å². The normalized spacial score (nSPS) is 9.83. The maximum Gasteiger partial charge on any atom is 0.288 e. The highest BCUT2D eigenvalue weighted by molar-refractivity contribution is 14.1. The summed E-state index contributed by atoms with van der Waals surface area (Å²) in [5.74, 6) is 0. The molecule has 1 aromatic rings. The van der Waals surface area contributed by atoms with Crippen LogP contribution in [0.3, 0.4) is 0 Å². The number of nitro benzene ring substituents is 1. The molecule has 0 amide bonds. The van der Waals surface area contributed by atoms with Gasteiger partial charge in [-0.05, 0) is 11.6 Å². The Morgan fingerprint density at radius 3 is 2.75 bits per heavy atom. The van der Waals surface area contributed by atoms with Gasteiger partial charge in [-0.1, -0.05) is 40.3 Å². The van der Waals surface area contributed by atoms with Crippen molar-refractivity contribution in [3.05, 3.63) is 38.9 Å². The van der Waals surface area contributed by atoms with E-state index in [4.69, 9.17) is 11.6 Å². The zero-order valence-corrected chi connectivity index (χ0v) is 8.87. The molecule has 1 aromatic carbocycles. The van der Waals surface area contributed by atoms with E-state index in [2.05, 4.69) is 22.6 Å². The van der Waals surface area contributed by atoms with Crippen LogP contribution in [0.1, 0.15) is 5.56 Å². The minimum Gasteiger partial charge on any atom is -0.258 e. The Balaban J connectivity index is 3.17. The van der Waals surface area contributed by atoms with E-state index in [9.17, 15) is 10.1 Å². The van der Waals surface area contributed by atoms with Crippen LogP contribution in [-0.2, 0) is 4.43 Å². The maximum atomic E-state index is 10.4. The van der Waals surface area contributed by atoms with Gasteiger partial charge >= 0.3 is 0 Å². The summed E-state index contributed by atoms with van der Waals surface area (Å²) >= 11 is 7.74. The van der Waals surface area contributed by atoms with Crippen molar-refractivity contribution >= 4 is 39.9 Å². The number of alkyl halides is 1. The van der Waals surface area contributed by atoms with Crippen LogP contribution in [0.15, 0.2) is 18.2 Å². The molecule has 0 heterocycles. The molecule has 0 atom stereocenters. The highest BCUT2D eigenvalue weighted by atomic mass is 127. The first-order chi connectivity index (χ1) is 5.65. The molecule has 0 aliphatic carbocycles. The van der Waals surface area contributed by atoms with E-state index in [-0.39, 0.29) is 10.7 Å². The predicted octanol–water partition coefficient (Wildman–Crippen LogP) is 3.18. The van der Waals surface area contributed by atoms with E-state index in [1.807, 2.05) is 0 Å². The van der Waals surface area contributed by atoms with Crippen molar-refractivity contribution in [3.8, 4) is 0 Å². The van der Waals surface area contributed by atoms with Gasteiger partial charge in [0, 0.05) is 10.5 Å². The lowest BCUT2D eigenvalue weighted by molar-refractivity contribution is -0.384. The molecule has 64 valence electrons. The van der Waals surface area contributed by atoms with E-state index in [0.29, 0.717) is 0 Å². The van der Waals surface area contributed by atoms with Gasteiger partial charge in [-0.3, -0.25) is 10.1 Å². The first-order valence-corrected chi connectivity index (χ1v) is 5.04. The van der Waals surface area contributed by atoms with Gasteiger partial charge in [-0.2, -0.15) is 0 Å². The molecule has 0 bridgehead atoms. The lowest BCUT2D eigenvalue weighted by Crippen LogP contribution is -1.90. The fraction of sp³-hybridized carbons (Fsp3) is 0.143. The van der Waals surface area contributed by atoms with Crippen LogP contribution in [0, 0.1) is 10.1 Å². The molecule has 0 N–H and O–H groups in total. The molecule has 0 spiro atoms. The van der Waals surface area contributed by atoms with Gasteiger partial charge in [0.2, 0.25) is 0 Å². The van der Waals surface area contributed by atoms with Gasteiger partial charge < -0.3 is 0 Å². The highest BCUT2D eigenvalue weighted by Crippen LogP contribution is 2.25. The molecular formula is C7H5ClINO2. The van der Waals surface area contributed by atoms with Crippen LogP contribution >= 0.6 is 34.2 Å². The minimum atomic E-state index is -0.474. The van der Waals surface area contributed by atoms with Gasteiger partial charge in [0.05, 0.1) is 4.92 Å². The average molecular weight is 297 g/mol. The van der Waals surface area contributed by atoms with E-state index in [0.717, 1.165) is 9.99 Å². The fourth-order valence-electron chi connectivity index (χ4n) is 0.781. The molecule has 0 aromatic heterocycles. The van der Waals surface area contributed by atoms with Crippen molar-refractivity contribution < 1.29 is 4.92 Å². The Morgan fingerprint density at radius 2 is 2.25 bits per heavy atom. The summed E-state index contributed by atoms with van der Waals surface area (Å²) in [5.41, 5.74) is 0.887. The summed E-state index contributed by atoms with van der Waals surface area (Å²) < 4.78 is 0.746. The zero-order valence-electron chi connectivity index (χ0n) is 5.96. The van der Waals surface area contributed by atoms with Crippen molar-refractivity contribution in [2.24, 2.45) is 0 Å². The van der Waals surface area contributed by atoms with Crippen LogP contribution in [-0.4, -0.2) is 4.92 Å². The number of benzene rings is 1. The first-order valence-electron chi connectivity index (χ1n) is 3.14. The van der Waals surface area contributed by atoms with Gasteiger partial charge in [-0.15, -0.1) is 0 Å². The smallest absolute Gasteiger partial charge is 0.258 e. The summed E-state index contributed by atoms with van der Waals surface area (Å²) in [4.78, 5) is 9.93. The van der Waals surface area contributed by atoms with Gasteiger partial charge in [-0.25, -0.2) is 0 Å². The van der Waals surface area contributed by atoms with Gasteiger partial charge in [0.1, 0.15) is 5.02 Å². The van der Waals surface area contributed by atoms with Crippen molar-refractivity contribution in [3.63, 3.8) is 0 Å². The monoisotopic (exact) mass is 297 g/mol. The van der Waals surface area contributed by atoms with Gasteiger partial charge in [0.15, 0.2) is 0 Å². The zero-order chi connectivity index (χ0) is 9.14. The molecule has 0 radical (unpaired) electrons. The second kappa shape index (κ2) is 4.04. The molecule has 0 fully saturated rings.